The maximum Gasteiger partial charge on any atom is 0.344 e. The Bertz CT molecular complexity index is 1700. The van der Waals surface area contributed by atoms with Crippen molar-refractivity contribution in [3.05, 3.63) is 97.2 Å². The third-order valence-electron chi connectivity index (χ3n) is 6.30. The summed E-state index contributed by atoms with van der Waals surface area (Å²) in [6, 6.07) is 11.6. The van der Waals surface area contributed by atoms with Crippen molar-refractivity contribution >= 4 is 29.4 Å². The van der Waals surface area contributed by atoms with Crippen molar-refractivity contribution in [2.45, 2.75) is 33.7 Å². The Hall–Kier alpha value is -4.64. The molecule has 1 aliphatic heterocycles. The standard InChI is InChI=1S/C32H34N2O8S/c1-6-16-41-23-13-11-22(12-14-23)29-28(31(37)40-9-4)20(5)33-32-34(29)30(36)26(43-32)18-21-10-15-24(25(17-21)38-7-2)42-19-27(35)39-8-3/h6,10-15,17-18,29H,1,7-9,16,19H2,2-5H3/b26-18-/t29-/m0/s1. The molecule has 0 radical (unpaired) electrons. The molecule has 0 saturated carbocycles. The molecule has 2 aromatic carbocycles. The van der Waals surface area contributed by atoms with E-state index in [0.29, 0.717) is 62.2 Å². The first-order valence-corrected chi connectivity index (χ1v) is 14.7. The lowest BCUT2D eigenvalue weighted by Gasteiger charge is -2.24. The zero-order valence-electron chi connectivity index (χ0n) is 24.6. The Labute approximate surface area is 253 Å². The summed E-state index contributed by atoms with van der Waals surface area (Å²) in [6.07, 6.45) is 3.38. The number of aromatic nitrogens is 1. The van der Waals surface area contributed by atoms with Crippen LogP contribution < -0.4 is 29.1 Å². The quantitative estimate of drug-likeness (QED) is 0.214. The van der Waals surface area contributed by atoms with Crippen LogP contribution in [0.1, 0.15) is 44.9 Å². The summed E-state index contributed by atoms with van der Waals surface area (Å²) in [7, 11) is 0. The van der Waals surface area contributed by atoms with Crippen LogP contribution in [-0.2, 0) is 19.1 Å². The lowest BCUT2D eigenvalue weighted by molar-refractivity contribution is -0.145. The molecule has 0 spiro atoms. The topological polar surface area (TPSA) is 115 Å². The molecule has 10 nitrogen and oxygen atoms in total. The van der Waals surface area contributed by atoms with E-state index in [-0.39, 0.29) is 25.4 Å². The number of hydrogen-bond donors (Lipinski definition) is 0. The number of benzene rings is 2. The van der Waals surface area contributed by atoms with E-state index in [4.69, 9.17) is 23.7 Å². The minimum atomic E-state index is -0.747. The van der Waals surface area contributed by atoms with Gasteiger partial charge in [0.2, 0.25) is 0 Å². The smallest absolute Gasteiger partial charge is 0.344 e. The molecule has 1 aliphatic rings. The lowest BCUT2D eigenvalue weighted by atomic mass is 9.96. The van der Waals surface area contributed by atoms with E-state index in [0.717, 1.165) is 0 Å². The minimum absolute atomic E-state index is 0.183. The van der Waals surface area contributed by atoms with Crippen molar-refractivity contribution in [3.8, 4) is 17.2 Å². The summed E-state index contributed by atoms with van der Waals surface area (Å²) in [6.45, 7) is 11.6. The number of carbonyl (C=O) groups excluding carboxylic acids is 2. The Morgan fingerprint density at radius 2 is 1.72 bits per heavy atom. The molecule has 11 heteroatoms. The number of esters is 2. The van der Waals surface area contributed by atoms with Gasteiger partial charge in [0.1, 0.15) is 12.4 Å². The summed E-state index contributed by atoms with van der Waals surface area (Å²) in [4.78, 5) is 43.9. The van der Waals surface area contributed by atoms with Crippen molar-refractivity contribution in [1.82, 2.24) is 4.57 Å². The number of thiazole rings is 1. The van der Waals surface area contributed by atoms with Gasteiger partial charge in [0, 0.05) is 0 Å². The SMILES string of the molecule is C=CCOc1ccc([C@H]2C(C(=O)OCC)=C(C)N=c3s/c(=C\c4ccc(OCC(=O)OCC)c(OCC)c4)c(=O)n32)cc1. The third-order valence-corrected chi connectivity index (χ3v) is 7.28. The molecule has 0 bridgehead atoms. The van der Waals surface area contributed by atoms with Crippen LogP contribution in [0, 0.1) is 0 Å². The average Bonchev–Trinajstić information content (AvgIpc) is 3.29. The molecule has 0 saturated heterocycles. The second kappa shape index (κ2) is 14.5. The summed E-state index contributed by atoms with van der Waals surface area (Å²) in [5.74, 6) is 0.416. The average molecular weight is 607 g/mol. The fraction of sp³-hybridized carbons (Fsp3) is 0.312. The highest BCUT2D eigenvalue weighted by Crippen LogP contribution is 2.32. The van der Waals surface area contributed by atoms with Gasteiger partial charge in [-0.1, -0.05) is 42.2 Å². The Morgan fingerprint density at radius 3 is 2.40 bits per heavy atom. The zero-order chi connectivity index (χ0) is 30.9. The monoisotopic (exact) mass is 606 g/mol. The van der Waals surface area contributed by atoms with Crippen LogP contribution in [0.4, 0.5) is 0 Å². The van der Waals surface area contributed by atoms with E-state index in [1.165, 1.54) is 15.9 Å². The van der Waals surface area contributed by atoms with Crippen LogP contribution in [0.25, 0.3) is 6.08 Å². The second-order valence-corrected chi connectivity index (χ2v) is 10.2. The molecule has 0 fully saturated rings. The fourth-order valence-electron chi connectivity index (χ4n) is 4.50. The molecule has 1 atom stereocenters. The van der Waals surface area contributed by atoms with Gasteiger partial charge in [-0.2, -0.15) is 0 Å². The first-order chi connectivity index (χ1) is 20.8. The number of ether oxygens (including phenoxy) is 5. The number of nitrogens with zero attached hydrogens (tertiary/aromatic N) is 2. The van der Waals surface area contributed by atoms with Crippen LogP contribution in [0.2, 0.25) is 0 Å². The van der Waals surface area contributed by atoms with Crippen molar-refractivity contribution in [2.24, 2.45) is 4.99 Å². The first-order valence-electron chi connectivity index (χ1n) is 13.9. The largest absolute Gasteiger partial charge is 0.490 e. The fourth-order valence-corrected chi connectivity index (χ4v) is 5.55. The predicted molar refractivity (Wildman–Crippen MR) is 162 cm³/mol. The van der Waals surface area contributed by atoms with Gasteiger partial charge >= 0.3 is 11.9 Å². The summed E-state index contributed by atoms with van der Waals surface area (Å²) < 4.78 is 29.2. The highest BCUT2D eigenvalue weighted by Gasteiger charge is 2.33. The van der Waals surface area contributed by atoms with Gasteiger partial charge in [0.15, 0.2) is 22.9 Å². The Balaban J connectivity index is 1.78. The number of carbonyl (C=O) groups is 2. The van der Waals surface area contributed by atoms with Gasteiger partial charge in [-0.15, -0.1) is 0 Å². The van der Waals surface area contributed by atoms with Crippen LogP contribution in [0.5, 0.6) is 17.2 Å². The molecule has 0 N–H and O–H groups in total. The minimum Gasteiger partial charge on any atom is -0.490 e. The number of rotatable bonds is 13. The highest BCUT2D eigenvalue weighted by atomic mass is 32.1. The van der Waals surface area contributed by atoms with Crippen molar-refractivity contribution < 1.29 is 33.3 Å². The summed E-state index contributed by atoms with van der Waals surface area (Å²) in [5.41, 5.74) is 1.85. The van der Waals surface area contributed by atoms with E-state index in [1.54, 1.807) is 63.3 Å². The van der Waals surface area contributed by atoms with Crippen LogP contribution in [0.15, 0.2) is 76.2 Å². The molecule has 2 heterocycles. The Kier molecular flexibility index (Phi) is 10.6. The number of fused-ring (bicyclic) bond motifs is 1. The van der Waals surface area contributed by atoms with Crippen molar-refractivity contribution in [2.75, 3.05) is 33.0 Å². The summed E-state index contributed by atoms with van der Waals surface area (Å²) in [5, 5.41) is 0. The summed E-state index contributed by atoms with van der Waals surface area (Å²) >= 11 is 1.22. The van der Waals surface area contributed by atoms with E-state index in [1.807, 2.05) is 19.1 Å². The number of allylic oxidation sites excluding steroid dienone is 1. The lowest BCUT2D eigenvalue weighted by Crippen LogP contribution is -2.39. The molecule has 43 heavy (non-hydrogen) atoms. The van der Waals surface area contributed by atoms with E-state index in [9.17, 15) is 14.4 Å². The Morgan fingerprint density at radius 1 is 0.977 bits per heavy atom. The van der Waals surface area contributed by atoms with Crippen molar-refractivity contribution in [1.29, 1.82) is 0 Å². The molecule has 0 amide bonds. The van der Waals surface area contributed by atoms with Crippen molar-refractivity contribution in [3.63, 3.8) is 0 Å². The second-order valence-electron chi connectivity index (χ2n) is 9.20. The zero-order valence-corrected chi connectivity index (χ0v) is 25.4. The van der Waals surface area contributed by atoms with Gasteiger partial charge in [-0.3, -0.25) is 9.36 Å². The molecular weight excluding hydrogens is 572 g/mol. The molecule has 3 aromatic rings. The van der Waals surface area contributed by atoms with Crippen LogP contribution in [-0.4, -0.2) is 49.5 Å². The molecule has 1 aromatic heterocycles. The van der Waals surface area contributed by atoms with E-state index in [2.05, 4.69) is 11.6 Å². The van der Waals surface area contributed by atoms with Gasteiger partial charge in [0.25, 0.3) is 5.56 Å². The number of hydrogen-bond acceptors (Lipinski definition) is 10. The van der Waals surface area contributed by atoms with Gasteiger partial charge in [-0.05, 0) is 69.2 Å². The molecule has 0 aliphatic carbocycles. The predicted octanol–water partition coefficient (Wildman–Crippen LogP) is 3.70. The maximum absolute atomic E-state index is 13.9. The third kappa shape index (κ3) is 7.23. The van der Waals surface area contributed by atoms with Gasteiger partial charge < -0.3 is 23.7 Å². The highest BCUT2D eigenvalue weighted by molar-refractivity contribution is 7.07. The molecule has 4 rings (SSSR count). The van der Waals surface area contributed by atoms with Crippen LogP contribution in [0.3, 0.4) is 0 Å². The normalized spacial score (nSPS) is 14.4. The van der Waals surface area contributed by atoms with Crippen LogP contribution >= 0.6 is 11.3 Å². The van der Waals surface area contributed by atoms with E-state index >= 15 is 0 Å². The van der Waals surface area contributed by atoms with Gasteiger partial charge in [-0.25, -0.2) is 14.6 Å². The van der Waals surface area contributed by atoms with Gasteiger partial charge in [0.05, 0.1) is 41.7 Å². The molecular formula is C32H34N2O8S. The molecule has 226 valence electrons. The maximum atomic E-state index is 13.9. The first kappa shape index (κ1) is 31.3. The van der Waals surface area contributed by atoms with E-state index < -0.39 is 18.0 Å². The molecule has 0 unspecified atom stereocenters.